The Morgan fingerprint density at radius 1 is 1.26 bits per heavy atom. The summed E-state index contributed by atoms with van der Waals surface area (Å²) < 4.78 is 1.64. The topological polar surface area (TPSA) is 80.0 Å². The zero-order valence-electron chi connectivity index (χ0n) is 14.1. The lowest BCUT2D eigenvalue weighted by molar-refractivity contribution is 0.0895. The van der Waals surface area contributed by atoms with E-state index in [0.717, 1.165) is 11.3 Å². The SMILES string of the molecule is Cc1ccc(-n2nnc(C(=O)NCC(O)CC(C)C)c2C)cc1. The number of nitrogens with one attached hydrogen (secondary N) is 1. The van der Waals surface area contributed by atoms with Crippen LogP contribution in [0.1, 0.15) is 42.0 Å². The minimum Gasteiger partial charge on any atom is -0.391 e. The van der Waals surface area contributed by atoms with Crippen LogP contribution in [0.3, 0.4) is 0 Å². The second kappa shape index (κ2) is 7.37. The summed E-state index contributed by atoms with van der Waals surface area (Å²) in [6, 6.07) is 7.84. The summed E-state index contributed by atoms with van der Waals surface area (Å²) in [5.41, 5.74) is 2.97. The van der Waals surface area contributed by atoms with E-state index < -0.39 is 6.10 Å². The van der Waals surface area contributed by atoms with Crippen LogP contribution in [0, 0.1) is 19.8 Å². The molecular weight excluding hydrogens is 292 g/mol. The highest BCUT2D eigenvalue weighted by molar-refractivity contribution is 5.93. The Kier molecular flexibility index (Phi) is 5.50. The van der Waals surface area contributed by atoms with Gasteiger partial charge in [-0.15, -0.1) is 5.10 Å². The predicted octanol–water partition coefficient (Wildman–Crippen LogP) is 2.02. The summed E-state index contributed by atoms with van der Waals surface area (Å²) in [6.07, 6.45) is 0.0985. The van der Waals surface area contributed by atoms with Gasteiger partial charge in [0.05, 0.1) is 17.5 Å². The molecule has 1 aromatic heterocycles. The molecule has 0 aliphatic rings. The lowest BCUT2D eigenvalue weighted by atomic mass is 10.1. The Morgan fingerprint density at radius 3 is 2.52 bits per heavy atom. The number of aryl methyl sites for hydroxylation is 1. The fourth-order valence-electron chi connectivity index (χ4n) is 2.39. The molecule has 0 aliphatic carbocycles. The van der Waals surface area contributed by atoms with Gasteiger partial charge in [0.2, 0.25) is 0 Å². The molecule has 6 nitrogen and oxygen atoms in total. The molecule has 2 rings (SSSR count). The molecule has 1 atom stereocenters. The van der Waals surface area contributed by atoms with Gasteiger partial charge in [0, 0.05) is 6.54 Å². The monoisotopic (exact) mass is 316 g/mol. The number of carbonyl (C=O) groups is 1. The Labute approximate surface area is 136 Å². The molecule has 2 aromatic rings. The van der Waals surface area contributed by atoms with Gasteiger partial charge in [0.15, 0.2) is 5.69 Å². The molecule has 1 aromatic carbocycles. The van der Waals surface area contributed by atoms with Crippen LogP contribution in [0.2, 0.25) is 0 Å². The van der Waals surface area contributed by atoms with Crippen LogP contribution >= 0.6 is 0 Å². The van der Waals surface area contributed by atoms with Crippen LogP contribution in [0.15, 0.2) is 24.3 Å². The summed E-state index contributed by atoms with van der Waals surface area (Å²) in [5, 5.41) is 20.6. The first-order valence-corrected chi connectivity index (χ1v) is 7.84. The van der Waals surface area contributed by atoms with Crippen LogP contribution in [0.5, 0.6) is 0 Å². The third kappa shape index (κ3) is 4.39. The first-order chi connectivity index (χ1) is 10.9. The minimum atomic E-state index is -0.550. The Hall–Kier alpha value is -2.21. The normalized spacial score (nSPS) is 12.4. The number of amides is 1. The summed E-state index contributed by atoms with van der Waals surface area (Å²) in [6.45, 7) is 8.09. The van der Waals surface area contributed by atoms with Crippen molar-refractivity contribution in [2.24, 2.45) is 5.92 Å². The van der Waals surface area contributed by atoms with Crippen LogP contribution in [0.25, 0.3) is 5.69 Å². The van der Waals surface area contributed by atoms with E-state index in [1.807, 2.05) is 45.0 Å². The Balaban J connectivity index is 2.06. The van der Waals surface area contributed by atoms with Gasteiger partial charge in [-0.1, -0.05) is 36.8 Å². The van der Waals surface area contributed by atoms with Crippen LogP contribution < -0.4 is 5.32 Å². The van der Waals surface area contributed by atoms with Crippen LogP contribution in [0.4, 0.5) is 0 Å². The highest BCUT2D eigenvalue weighted by Gasteiger charge is 2.18. The smallest absolute Gasteiger partial charge is 0.273 e. The molecular formula is C17H24N4O2. The number of aromatic nitrogens is 3. The largest absolute Gasteiger partial charge is 0.391 e. The van der Waals surface area contributed by atoms with Crippen molar-refractivity contribution in [1.29, 1.82) is 0 Å². The summed E-state index contributed by atoms with van der Waals surface area (Å²) >= 11 is 0. The molecule has 0 bridgehead atoms. The van der Waals surface area contributed by atoms with Gasteiger partial charge in [-0.25, -0.2) is 4.68 Å². The average molecular weight is 316 g/mol. The number of hydrogen-bond donors (Lipinski definition) is 2. The lowest BCUT2D eigenvalue weighted by Gasteiger charge is -2.13. The first kappa shape index (κ1) is 17.1. The van der Waals surface area contributed by atoms with Gasteiger partial charge >= 0.3 is 0 Å². The van der Waals surface area contributed by atoms with Crippen molar-refractivity contribution in [3.63, 3.8) is 0 Å². The number of aliphatic hydroxyl groups is 1. The van der Waals surface area contributed by atoms with Crippen molar-refractivity contribution in [2.75, 3.05) is 6.54 Å². The van der Waals surface area contributed by atoms with Gasteiger partial charge < -0.3 is 10.4 Å². The van der Waals surface area contributed by atoms with E-state index in [-0.39, 0.29) is 18.1 Å². The third-order valence-electron chi connectivity index (χ3n) is 3.63. The fraction of sp³-hybridized carbons (Fsp3) is 0.471. The van der Waals surface area contributed by atoms with Gasteiger partial charge in [-0.3, -0.25) is 4.79 Å². The maximum absolute atomic E-state index is 12.2. The quantitative estimate of drug-likeness (QED) is 0.854. The van der Waals surface area contributed by atoms with Crippen molar-refractivity contribution in [3.05, 3.63) is 41.2 Å². The summed E-state index contributed by atoms with van der Waals surface area (Å²) in [7, 11) is 0. The molecule has 23 heavy (non-hydrogen) atoms. The van der Waals surface area contributed by atoms with E-state index in [0.29, 0.717) is 18.0 Å². The highest BCUT2D eigenvalue weighted by Crippen LogP contribution is 2.13. The molecule has 1 unspecified atom stereocenters. The molecule has 0 saturated heterocycles. The lowest BCUT2D eigenvalue weighted by Crippen LogP contribution is -2.33. The van der Waals surface area contributed by atoms with E-state index in [1.54, 1.807) is 11.6 Å². The molecule has 0 aliphatic heterocycles. The standard InChI is InChI=1S/C17H24N4O2/c1-11(2)9-15(22)10-18-17(23)16-13(4)21(20-19-16)14-7-5-12(3)6-8-14/h5-8,11,15,22H,9-10H2,1-4H3,(H,18,23). The van der Waals surface area contributed by atoms with Crippen molar-refractivity contribution >= 4 is 5.91 Å². The van der Waals surface area contributed by atoms with Gasteiger partial charge in [-0.2, -0.15) is 0 Å². The zero-order chi connectivity index (χ0) is 17.0. The van der Waals surface area contributed by atoms with Gasteiger partial charge in [0.1, 0.15) is 0 Å². The average Bonchev–Trinajstić information content (AvgIpc) is 2.87. The van der Waals surface area contributed by atoms with Crippen molar-refractivity contribution < 1.29 is 9.90 Å². The Bertz CT molecular complexity index is 662. The van der Waals surface area contributed by atoms with Gasteiger partial charge in [-0.05, 0) is 38.3 Å². The molecule has 1 amide bonds. The number of nitrogens with zero attached hydrogens (tertiary/aromatic N) is 3. The third-order valence-corrected chi connectivity index (χ3v) is 3.63. The molecule has 1 heterocycles. The second-order valence-electron chi connectivity index (χ2n) is 6.26. The molecule has 0 radical (unpaired) electrons. The van der Waals surface area contributed by atoms with Crippen molar-refractivity contribution in [3.8, 4) is 5.69 Å². The van der Waals surface area contributed by atoms with E-state index in [1.165, 1.54) is 0 Å². The van der Waals surface area contributed by atoms with E-state index in [2.05, 4.69) is 15.6 Å². The summed E-state index contributed by atoms with van der Waals surface area (Å²) in [5.74, 6) is 0.0646. The maximum atomic E-state index is 12.2. The van der Waals surface area contributed by atoms with Crippen LogP contribution in [-0.2, 0) is 0 Å². The molecule has 6 heteroatoms. The zero-order valence-corrected chi connectivity index (χ0v) is 14.1. The van der Waals surface area contributed by atoms with E-state index in [4.69, 9.17) is 0 Å². The van der Waals surface area contributed by atoms with Crippen LogP contribution in [-0.4, -0.2) is 38.7 Å². The number of benzene rings is 1. The highest BCUT2D eigenvalue weighted by atomic mass is 16.3. The maximum Gasteiger partial charge on any atom is 0.273 e. The number of carbonyl (C=O) groups excluding carboxylic acids is 1. The predicted molar refractivity (Wildman–Crippen MR) is 88.6 cm³/mol. The Morgan fingerprint density at radius 2 is 1.91 bits per heavy atom. The van der Waals surface area contributed by atoms with Crippen molar-refractivity contribution in [2.45, 2.75) is 40.2 Å². The second-order valence-corrected chi connectivity index (χ2v) is 6.26. The summed E-state index contributed by atoms with van der Waals surface area (Å²) in [4.78, 5) is 12.2. The fourth-order valence-corrected chi connectivity index (χ4v) is 2.39. The van der Waals surface area contributed by atoms with Crippen molar-refractivity contribution in [1.82, 2.24) is 20.3 Å². The number of hydrogen-bond acceptors (Lipinski definition) is 4. The first-order valence-electron chi connectivity index (χ1n) is 7.84. The van der Waals surface area contributed by atoms with Gasteiger partial charge in [0.25, 0.3) is 5.91 Å². The number of rotatable bonds is 6. The number of aliphatic hydroxyl groups excluding tert-OH is 1. The molecule has 0 spiro atoms. The molecule has 0 saturated carbocycles. The van der Waals surface area contributed by atoms with E-state index in [9.17, 15) is 9.90 Å². The molecule has 124 valence electrons. The minimum absolute atomic E-state index is 0.216. The van der Waals surface area contributed by atoms with E-state index >= 15 is 0 Å². The molecule has 2 N–H and O–H groups in total. The molecule has 0 fully saturated rings.